The molecule has 0 saturated heterocycles. The number of aliphatic hydroxyl groups excluding tert-OH is 1. The summed E-state index contributed by atoms with van der Waals surface area (Å²) in [5.74, 6) is 0.539. The minimum Gasteiger partial charge on any atom is -0.393 e. The molecule has 0 spiro atoms. The summed E-state index contributed by atoms with van der Waals surface area (Å²) in [4.78, 5) is 4.78. The molecule has 1 N–H and O–H groups in total. The minimum absolute atomic E-state index is 0.0952. The molecule has 1 aliphatic carbocycles. The summed E-state index contributed by atoms with van der Waals surface area (Å²) in [5.41, 5.74) is 2.24. The lowest BCUT2D eigenvalue weighted by Crippen LogP contribution is -2.16. The van der Waals surface area contributed by atoms with Crippen LogP contribution in [0.4, 0.5) is 0 Å². The molecule has 0 unspecified atom stereocenters. The van der Waals surface area contributed by atoms with Gasteiger partial charge in [-0.1, -0.05) is 28.1 Å². The Morgan fingerprint density at radius 1 is 1.11 bits per heavy atom. The second kappa shape index (κ2) is 5.73. The molecule has 1 heterocycles. The van der Waals surface area contributed by atoms with Crippen LogP contribution in [-0.2, 0) is 0 Å². The Labute approximate surface area is 125 Å². The third-order valence-electron chi connectivity index (χ3n) is 3.71. The zero-order valence-electron chi connectivity index (χ0n) is 10.6. The summed E-state index contributed by atoms with van der Waals surface area (Å²) in [6.45, 7) is 0. The van der Waals surface area contributed by atoms with Crippen LogP contribution in [0.5, 0.6) is 0 Å². The molecule has 1 aromatic carbocycles. The van der Waals surface area contributed by atoms with Crippen molar-refractivity contribution in [3.63, 3.8) is 0 Å². The Morgan fingerprint density at radius 3 is 2.47 bits per heavy atom. The summed E-state index contributed by atoms with van der Waals surface area (Å²) < 4.78 is 1.09. The van der Waals surface area contributed by atoms with Crippen LogP contribution in [0.15, 0.2) is 34.1 Å². The standard InChI is InChI=1S/C15H16BrNOS/c16-12-5-1-10(2-6-12)14-9-19-15(17-14)11-3-7-13(18)8-4-11/h1-2,5-6,9,11,13,18H,3-4,7-8H2. The summed E-state index contributed by atoms with van der Waals surface area (Å²) in [6, 6.07) is 8.28. The lowest BCUT2D eigenvalue weighted by molar-refractivity contribution is 0.122. The van der Waals surface area contributed by atoms with Crippen molar-refractivity contribution in [3.8, 4) is 11.3 Å². The van der Waals surface area contributed by atoms with Gasteiger partial charge >= 0.3 is 0 Å². The van der Waals surface area contributed by atoms with Gasteiger partial charge in [-0.05, 0) is 37.8 Å². The maximum atomic E-state index is 9.56. The molecule has 1 aliphatic rings. The van der Waals surface area contributed by atoms with Crippen molar-refractivity contribution >= 4 is 27.3 Å². The number of hydrogen-bond acceptors (Lipinski definition) is 3. The van der Waals surface area contributed by atoms with Gasteiger partial charge < -0.3 is 5.11 Å². The number of hydrogen-bond donors (Lipinski definition) is 1. The van der Waals surface area contributed by atoms with Crippen molar-refractivity contribution in [1.82, 2.24) is 4.98 Å². The van der Waals surface area contributed by atoms with Gasteiger partial charge in [-0.15, -0.1) is 11.3 Å². The molecule has 4 heteroatoms. The van der Waals surface area contributed by atoms with Crippen LogP contribution in [0.25, 0.3) is 11.3 Å². The van der Waals surface area contributed by atoms with E-state index >= 15 is 0 Å². The monoisotopic (exact) mass is 337 g/mol. The van der Waals surface area contributed by atoms with Gasteiger partial charge in [-0.3, -0.25) is 0 Å². The number of benzene rings is 1. The van der Waals surface area contributed by atoms with Gasteiger partial charge in [0.15, 0.2) is 0 Å². The second-order valence-electron chi connectivity index (χ2n) is 5.08. The molecule has 0 aliphatic heterocycles. The molecular weight excluding hydrogens is 322 g/mol. The van der Waals surface area contributed by atoms with Crippen molar-refractivity contribution < 1.29 is 5.11 Å². The Balaban J connectivity index is 1.77. The molecule has 0 atom stereocenters. The highest BCUT2D eigenvalue weighted by Crippen LogP contribution is 2.36. The molecule has 3 rings (SSSR count). The van der Waals surface area contributed by atoms with Crippen LogP contribution >= 0.6 is 27.3 Å². The predicted molar refractivity (Wildman–Crippen MR) is 82.5 cm³/mol. The van der Waals surface area contributed by atoms with Crippen LogP contribution in [0.3, 0.4) is 0 Å². The Hall–Kier alpha value is -0.710. The fraction of sp³-hybridized carbons (Fsp3) is 0.400. The van der Waals surface area contributed by atoms with E-state index in [0.717, 1.165) is 35.8 Å². The first-order valence-electron chi connectivity index (χ1n) is 6.62. The van der Waals surface area contributed by atoms with Gasteiger partial charge in [0.25, 0.3) is 0 Å². The predicted octanol–water partition coefficient (Wildman–Crippen LogP) is 4.59. The van der Waals surface area contributed by atoms with Gasteiger partial charge in [0.1, 0.15) is 0 Å². The Morgan fingerprint density at radius 2 is 1.79 bits per heavy atom. The topological polar surface area (TPSA) is 33.1 Å². The van der Waals surface area contributed by atoms with Crippen LogP contribution in [0, 0.1) is 0 Å². The highest BCUT2D eigenvalue weighted by molar-refractivity contribution is 9.10. The highest BCUT2D eigenvalue weighted by atomic mass is 79.9. The van der Waals surface area contributed by atoms with Crippen LogP contribution in [0.2, 0.25) is 0 Å². The van der Waals surface area contributed by atoms with E-state index in [0.29, 0.717) is 5.92 Å². The normalized spacial score (nSPS) is 23.5. The van der Waals surface area contributed by atoms with Crippen molar-refractivity contribution in [2.24, 2.45) is 0 Å². The molecule has 0 radical (unpaired) electrons. The number of thiazole rings is 1. The molecule has 19 heavy (non-hydrogen) atoms. The van der Waals surface area contributed by atoms with E-state index in [9.17, 15) is 5.11 Å². The number of halogens is 1. The fourth-order valence-corrected chi connectivity index (χ4v) is 3.82. The fourth-order valence-electron chi connectivity index (χ4n) is 2.55. The van der Waals surface area contributed by atoms with E-state index in [1.807, 2.05) is 12.1 Å². The molecule has 0 amide bonds. The first-order valence-corrected chi connectivity index (χ1v) is 8.29. The molecule has 100 valence electrons. The highest BCUT2D eigenvalue weighted by Gasteiger charge is 2.23. The summed E-state index contributed by atoms with van der Waals surface area (Å²) in [6.07, 6.45) is 3.86. The summed E-state index contributed by atoms with van der Waals surface area (Å²) in [7, 11) is 0. The molecular formula is C15H16BrNOS. The lowest BCUT2D eigenvalue weighted by Gasteiger charge is -2.23. The molecule has 2 nitrogen and oxygen atoms in total. The van der Waals surface area contributed by atoms with E-state index in [-0.39, 0.29) is 6.10 Å². The smallest absolute Gasteiger partial charge is 0.0963 e. The summed E-state index contributed by atoms with van der Waals surface area (Å²) >= 11 is 5.20. The van der Waals surface area contributed by atoms with Gasteiger partial charge in [0.05, 0.1) is 16.8 Å². The van der Waals surface area contributed by atoms with Gasteiger partial charge in [-0.25, -0.2) is 4.98 Å². The Bertz CT molecular complexity index is 544. The minimum atomic E-state index is -0.0952. The molecule has 1 saturated carbocycles. The largest absolute Gasteiger partial charge is 0.393 e. The first kappa shape index (κ1) is 13.3. The summed E-state index contributed by atoms with van der Waals surface area (Å²) in [5, 5.41) is 12.9. The quantitative estimate of drug-likeness (QED) is 0.869. The number of aromatic nitrogens is 1. The van der Waals surface area contributed by atoms with E-state index in [2.05, 4.69) is 33.4 Å². The van der Waals surface area contributed by atoms with Crippen LogP contribution < -0.4 is 0 Å². The van der Waals surface area contributed by atoms with Gasteiger partial charge in [0.2, 0.25) is 0 Å². The van der Waals surface area contributed by atoms with Crippen LogP contribution in [0.1, 0.15) is 36.6 Å². The average molecular weight is 338 g/mol. The first-order chi connectivity index (χ1) is 9.22. The molecule has 1 fully saturated rings. The van der Waals surface area contributed by atoms with Crippen LogP contribution in [-0.4, -0.2) is 16.2 Å². The van der Waals surface area contributed by atoms with E-state index in [1.54, 1.807) is 11.3 Å². The second-order valence-corrected chi connectivity index (χ2v) is 6.89. The van der Waals surface area contributed by atoms with E-state index in [1.165, 1.54) is 10.6 Å². The van der Waals surface area contributed by atoms with Crippen molar-refractivity contribution in [1.29, 1.82) is 0 Å². The van der Waals surface area contributed by atoms with Crippen molar-refractivity contribution in [3.05, 3.63) is 39.1 Å². The average Bonchev–Trinajstić information content (AvgIpc) is 2.90. The zero-order chi connectivity index (χ0) is 13.2. The lowest BCUT2D eigenvalue weighted by atomic mass is 9.88. The number of rotatable bonds is 2. The zero-order valence-corrected chi connectivity index (χ0v) is 13.0. The van der Waals surface area contributed by atoms with Gasteiger partial charge in [0, 0.05) is 21.3 Å². The Kier molecular flexibility index (Phi) is 4.01. The number of aliphatic hydroxyl groups is 1. The van der Waals surface area contributed by atoms with E-state index < -0.39 is 0 Å². The van der Waals surface area contributed by atoms with Crippen molar-refractivity contribution in [2.45, 2.75) is 37.7 Å². The molecule has 0 bridgehead atoms. The maximum absolute atomic E-state index is 9.56. The molecule has 2 aromatic rings. The maximum Gasteiger partial charge on any atom is 0.0963 e. The van der Waals surface area contributed by atoms with Crippen molar-refractivity contribution in [2.75, 3.05) is 0 Å². The third kappa shape index (κ3) is 3.07. The SMILES string of the molecule is OC1CCC(c2nc(-c3ccc(Br)cc3)cs2)CC1. The molecule has 1 aromatic heterocycles. The number of nitrogens with zero attached hydrogens (tertiary/aromatic N) is 1. The third-order valence-corrected chi connectivity index (χ3v) is 5.24. The van der Waals surface area contributed by atoms with E-state index in [4.69, 9.17) is 4.98 Å². The van der Waals surface area contributed by atoms with Gasteiger partial charge in [-0.2, -0.15) is 0 Å².